The van der Waals surface area contributed by atoms with E-state index >= 15 is 0 Å². The van der Waals surface area contributed by atoms with Gasteiger partial charge < -0.3 is 0 Å². The molecule has 56 heavy (non-hydrogen) atoms. The first-order chi connectivity index (χ1) is 27.7. The number of nitrogens with zero attached hydrogens (tertiary/aromatic N) is 5. The first-order valence-electron chi connectivity index (χ1n) is 18.4. The van der Waals surface area contributed by atoms with E-state index in [1.54, 1.807) is 22.7 Å². The molecule has 262 valence electrons. The average molecular weight is 752 g/mol. The van der Waals surface area contributed by atoms with Gasteiger partial charge >= 0.3 is 0 Å². The third kappa shape index (κ3) is 5.64. The highest BCUT2D eigenvalue weighted by atomic mass is 32.1. The van der Waals surface area contributed by atoms with Crippen molar-refractivity contribution >= 4 is 63.1 Å². The Bertz CT molecular complexity index is 3170. The Morgan fingerprint density at radius 3 is 1.54 bits per heavy atom. The van der Waals surface area contributed by atoms with Crippen LogP contribution in [0.1, 0.15) is 0 Å². The van der Waals surface area contributed by atoms with Crippen molar-refractivity contribution in [2.75, 3.05) is 0 Å². The fourth-order valence-electron chi connectivity index (χ4n) is 7.45. The van der Waals surface area contributed by atoms with Gasteiger partial charge in [-0.25, -0.2) is 24.9 Å². The van der Waals surface area contributed by atoms with Crippen molar-refractivity contribution in [1.29, 1.82) is 0 Å². The molecule has 0 unspecified atom stereocenters. The molecule has 0 aliphatic rings. The minimum Gasteiger partial charge on any atom is -0.226 e. The van der Waals surface area contributed by atoms with Crippen LogP contribution >= 0.6 is 22.7 Å². The zero-order chi connectivity index (χ0) is 37.0. The van der Waals surface area contributed by atoms with Crippen molar-refractivity contribution in [2.45, 2.75) is 0 Å². The maximum Gasteiger partial charge on any atom is 0.164 e. The number of fused-ring (bicyclic) bond motifs is 6. The average Bonchev–Trinajstić information content (AvgIpc) is 3.85. The molecule has 0 N–H and O–H groups in total. The van der Waals surface area contributed by atoms with Crippen LogP contribution in [0.25, 0.3) is 108 Å². The second-order valence-corrected chi connectivity index (χ2v) is 15.8. The molecular formula is C49H29N5S2. The predicted molar refractivity (Wildman–Crippen MR) is 234 cm³/mol. The molecule has 5 nitrogen and oxygen atoms in total. The number of aromatic nitrogens is 5. The lowest BCUT2D eigenvalue weighted by Crippen LogP contribution is -2.00. The summed E-state index contributed by atoms with van der Waals surface area (Å²) in [6.45, 7) is 0. The van der Waals surface area contributed by atoms with Crippen LogP contribution < -0.4 is 0 Å². The van der Waals surface area contributed by atoms with Crippen molar-refractivity contribution in [2.24, 2.45) is 0 Å². The molecule has 4 aromatic heterocycles. The number of benzene rings is 7. The van der Waals surface area contributed by atoms with Crippen molar-refractivity contribution in [3.05, 3.63) is 176 Å². The van der Waals surface area contributed by atoms with Gasteiger partial charge in [0.1, 0.15) is 0 Å². The van der Waals surface area contributed by atoms with E-state index in [0.29, 0.717) is 17.5 Å². The highest BCUT2D eigenvalue weighted by Gasteiger charge is 2.19. The Hall–Kier alpha value is -6.93. The zero-order valence-electron chi connectivity index (χ0n) is 29.8. The molecule has 0 radical (unpaired) electrons. The van der Waals surface area contributed by atoms with E-state index in [0.717, 1.165) is 60.5 Å². The van der Waals surface area contributed by atoms with E-state index in [2.05, 4.69) is 109 Å². The number of rotatable bonds is 6. The third-order valence-electron chi connectivity index (χ3n) is 10.2. The van der Waals surface area contributed by atoms with Crippen LogP contribution in [0, 0.1) is 0 Å². The molecule has 11 aromatic rings. The van der Waals surface area contributed by atoms with Crippen LogP contribution in [0.2, 0.25) is 0 Å². The molecule has 0 aliphatic carbocycles. The van der Waals surface area contributed by atoms with E-state index in [9.17, 15) is 0 Å². The highest BCUT2D eigenvalue weighted by Crippen LogP contribution is 2.43. The molecule has 0 spiro atoms. The van der Waals surface area contributed by atoms with Crippen LogP contribution in [0.3, 0.4) is 0 Å². The molecule has 0 amide bonds. The Labute approximate surface area is 330 Å². The highest BCUT2D eigenvalue weighted by molar-refractivity contribution is 7.26. The fourth-order valence-corrected chi connectivity index (χ4v) is 9.78. The summed E-state index contributed by atoms with van der Waals surface area (Å²) < 4.78 is 4.77. The Balaban J connectivity index is 0.996. The van der Waals surface area contributed by atoms with Gasteiger partial charge in [-0.15, -0.1) is 22.7 Å². The van der Waals surface area contributed by atoms with Crippen molar-refractivity contribution < 1.29 is 0 Å². The zero-order valence-corrected chi connectivity index (χ0v) is 31.4. The molecule has 0 fully saturated rings. The second-order valence-electron chi connectivity index (χ2n) is 13.6. The largest absolute Gasteiger partial charge is 0.226 e. The minimum atomic E-state index is 0.641. The summed E-state index contributed by atoms with van der Waals surface area (Å²) in [6.07, 6.45) is 0. The van der Waals surface area contributed by atoms with Gasteiger partial charge in [-0.1, -0.05) is 158 Å². The minimum absolute atomic E-state index is 0.641. The van der Waals surface area contributed by atoms with Crippen LogP contribution in [0.15, 0.2) is 176 Å². The van der Waals surface area contributed by atoms with E-state index in [1.807, 2.05) is 66.7 Å². The first kappa shape index (κ1) is 32.5. The van der Waals surface area contributed by atoms with Gasteiger partial charge in [0.2, 0.25) is 0 Å². The molecule has 7 heteroatoms. The summed E-state index contributed by atoms with van der Waals surface area (Å²) in [5.41, 5.74) is 9.23. The summed E-state index contributed by atoms with van der Waals surface area (Å²) in [5, 5.41) is 3.63. The number of hydrogen-bond acceptors (Lipinski definition) is 7. The normalized spacial score (nSPS) is 11.6. The quantitative estimate of drug-likeness (QED) is 0.169. The number of thiophene rings is 2. The summed E-state index contributed by atoms with van der Waals surface area (Å²) in [5.74, 6) is 2.68. The van der Waals surface area contributed by atoms with Crippen LogP contribution in [0.5, 0.6) is 0 Å². The van der Waals surface area contributed by atoms with Gasteiger partial charge in [0.25, 0.3) is 0 Å². The van der Waals surface area contributed by atoms with Crippen LogP contribution in [0.4, 0.5) is 0 Å². The Morgan fingerprint density at radius 2 is 0.857 bits per heavy atom. The summed E-state index contributed by atoms with van der Waals surface area (Å²) >= 11 is 3.56. The topological polar surface area (TPSA) is 64.5 Å². The molecule has 0 aliphatic heterocycles. The van der Waals surface area contributed by atoms with Gasteiger partial charge in [-0.3, -0.25) is 0 Å². The lowest BCUT2D eigenvalue weighted by atomic mass is 9.98. The molecule has 4 heterocycles. The van der Waals surface area contributed by atoms with Gasteiger partial charge in [-0.2, -0.15) is 0 Å². The Morgan fingerprint density at radius 1 is 0.321 bits per heavy atom. The van der Waals surface area contributed by atoms with Crippen LogP contribution in [-0.4, -0.2) is 24.9 Å². The van der Waals surface area contributed by atoms with E-state index in [1.165, 1.54) is 30.4 Å². The van der Waals surface area contributed by atoms with Crippen LogP contribution in [-0.2, 0) is 0 Å². The lowest BCUT2D eigenvalue weighted by molar-refractivity contribution is 1.07. The van der Waals surface area contributed by atoms with Gasteiger partial charge in [0, 0.05) is 58.1 Å². The predicted octanol–water partition coefficient (Wildman–Crippen LogP) is 13.4. The summed E-state index contributed by atoms with van der Waals surface area (Å²) in [6, 6.07) is 61.0. The molecular weight excluding hydrogens is 723 g/mol. The van der Waals surface area contributed by atoms with Crippen molar-refractivity contribution in [3.8, 4) is 67.9 Å². The summed E-state index contributed by atoms with van der Waals surface area (Å²) in [4.78, 5) is 25.2. The summed E-state index contributed by atoms with van der Waals surface area (Å²) in [7, 11) is 0. The van der Waals surface area contributed by atoms with Crippen molar-refractivity contribution in [1.82, 2.24) is 24.9 Å². The molecule has 7 aromatic carbocycles. The van der Waals surface area contributed by atoms with Crippen molar-refractivity contribution in [3.63, 3.8) is 0 Å². The second kappa shape index (κ2) is 13.4. The van der Waals surface area contributed by atoms with E-state index < -0.39 is 0 Å². The lowest BCUT2D eigenvalue weighted by Gasteiger charge is -2.10. The third-order valence-corrected chi connectivity index (χ3v) is 12.5. The van der Waals surface area contributed by atoms with Gasteiger partial charge in [0.15, 0.2) is 23.3 Å². The fraction of sp³-hybridized carbons (Fsp3) is 0. The molecule has 0 saturated carbocycles. The van der Waals surface area contributed by atoms with E-state index in [4.69, 9.17) is 24.9 Å². The monoisotopic (exact) mass is 751 g/mol. The maximum absolute atomic E-state index is 5.23. The SMILES string of the molecule is c1ccc(-c2nc(-c3ccccc3)nc(-c3ccc(-c4cccc5sc6cc(-c7nc(-c8ccccc8)c8sc9ccccc9c8n7)ccc6c45)cc3)n2)cc1. The Kier molecular flexibility index (Phi) is 7.79. The van der Waals surface area contributed by atoms with Gasteiger partial charge in [-0.05, 0) is 29.3 Å². The molecule has 11 rings (SSSR count). The smallest absolute Gasteiger partial charge is 0.164 e. The number of hydrogen-bond donors (Lipinski definition) is 0. The first-order valence-corrected chi connectivity index (χ1v) is 20.0. The van der Waals surface area contributed by atoms with E-state index in [-0.39, 0.29) is 0 Å². The molecule has 0 saturated heterocycles. The van der Waals surface area contributed by atoms with Gasteiger partial charge in [0.05, 0.1) is 15.9 Å². The molecule has 0 atom stereocenters. The molecule has 0 bridgehead atoms. The standard InChI is InChI=1S/C49H29N5S2/c1-4-13-31(14-5-1)43-45-44(38-19-10-11-21-39(38)56-45)51-49(50-43)35-27-28-37-41(29-35)55-40-22-12-20-36(42(37)40)30-23-25-34(26-24-30)48-53-46(32-15-6-2-7-16-32)52-47(54-48)33-17-8-3-9-18-33/h1-29H. The maximum atomic E-state index is 5.23.